The Morgan fingerprint density at radius 2 is 2.03 bits per heavy atom. The number of aryl methyl sites for hydroxylation is 2. The number of alkyl halides is 1. The lowest BCUT2D eigenvalue weighted by molar-refractivity contribution is 0.355. The first-order valence-electron chi connectivity index (χ1n) is 9.45. The molecule has 0 spiro atoms. The van der Waals surface area contributed by atoms with E-state index in [4.69, 9.17) is 16.6 Å². The van der Waals surface area contributed by atoms with Gasteiger partial charge in [0.2, 0.25) is 0 Å². The summed E-state index contributed by atoms with van der Waals surface area (Å²) in [6, 6.07) is 10.7. The number of fused-ring (bicyclic) bond motifs is 1. The molecule has 8 heteroatoms. The second-order valence-corrected chi connectivity index (χ2v) is 7.83. The van der Waals surface area contributed by atoms with Gasteiger partial charge in [0.15, 0.2) is 0 Å². The van der Waals surface area contributed by atoms with E-state index in [2.05, 4.69) is 21.2 Å². The van der Waals surface area contributed by atoms with Crippen molar-refractivity contribution < 1.29 is 4.39 Å². The van der Waals surface area contributed by atoms with E-state index in [1.807, 2.05) is 43.0 Å². The number of benzene rings is 2. The Balaban J connectivity index is 1.63. The lowest BCUT2D eigenvalue weighted by atomic mass is 10.1. The van der Waals surface area contributed by atoms with Gasteiger partial charge in [-0.05, 0) is 49.2 Å². The Kier molecular flexibility index (Phi) is 4.28. The minimum absolute atomic E-state index is 0.236. The summed E-state index contributed by atoms with van der Waals surface area (Å²) in [5, 5.41) is 9.14. The van der Waals surface area contributed by atoms with E-state index < -0.39 is 6.17 Å². The van der Waals surface area contributed by atoms with Gasteiger partial charge in [-0.2, -0.15) is 10.2 Å². The molecule has 0 aliphatic carbocycles. The minimum Gasteiger partial charge on any atom is -0.356 e. The van der Waals surface area contributed by atoms with Crippen LogP contribution in [0.5, 0.6) is 0 Å². The van der Waals surface area contributed by atoms with Gasteiger partial charge in [-0.25, -0.2) is 9.37 Å². The zero-order valence-electron chi connectivity index (χ0n) is 16.0. The van der Waals surface area contributed by atoms with E-state index in [0.29, 0.717) is 17.1 Å². The lowest BCUT2D eigenvalue weighted by Gasteiger charge is -2.27. The van der Waals surface area contributed by atoms with Crippen LogP contribution in [0.2, 0.25) is 5.02 Å². The van der Waals surface area contributed by atoms with Crippen molar-refractivity contribution >= 4 is 28.3 Å². The predicted octanol–water partition coefficient (Wildman–Crippen LogP) is 4.50. The van der Waals surface area contributed by atoms with Crippen LogP contribution in [0.1, 0.15) is 29.4 Å². The third-order valence-corrected chi connectivity index (χ3v) is 5.81. The van der Waals surface area contributed by atoms with Crippen LogP contribution in [0.15, 0.2) is 36.7 Å². The third-order valence-electron chi connectivity index (χ3n) is 5.40. The van der Waals surface area contributed by atoms with Crippen LogP contribution in [0.3, 0.4) is 0 Å². The smallest absolute Gasteiger partial charge is 0.130 e. The fourth-order valence-electron chi connectivity index (χ4n) is 3.97. The average molecular weight is 410 g/mol. The summed E-state index contributed by atoms with van der Waals surface area (Å²) in [5.74, 6) is 0.728. The van der Waals surface area contributed by atoms with Crippen LogP contribution in [-0.2, 0) is 0 Å². The van der Waals surface area contributed by atoms with Crippen molar-refractivity contribution in [2.24, 2.45) is 0 Å². The molecule has 4 aromatic rings. The van der Waals surface area contributed by atoms with E-state index in [1.165, 1.54) is 4.80 Å². The lowest BCUT2D eigenvalue weighted by Crippen LogP contribution is -2.26. The molecule has 147 valence electrons. The summed E-state index contributed by atoms with van der Waals surface area (Å²) in [7, 11) is 0. The minimum atomic E-state index is -0.961. The van der Waals surface area contributed by atoms with E-state index in [1.54, 1.807) is 12.4 Å². The van der Waals surface area contributed by atoms with E-state index >= 15 is 0 Å². The Morgan fingerprint density at radius 3 is 2.83 bits per heavy atom. The van der Waals surface area contributed by atoms with E-state index in [9.17, 15) is 4.39 Å². The summed E-state index contributed by atoms with van der Waals surface area (Å²) in [6.45, 7) is 4.20. The number of aromatic nitrogens is 5. The van der Waals surface area contributed by atoms with Gasteiger partial charge in [0.05, 0.1) is 41.7 Å². The van der Waals surface area contributed by atoms with E-state index in [0.717, 1.165) is 33.7 Å². The number of halogens is 2. The van der Waals surface area contributed by atoms with Gasteiger partial charge in [0.25, 0.3) is 0 Å². The van der Waals surface area contributed by atoms with Crippen molar-refractivity contribution in [2.45, 2.75) is 32.5 Å². The molecule has 2 aromatic heterocycles. The molecule has 0 saturated carbocycles. The third kappa shape index (κ3) is 3.06. The molecule has 1 aliphatic rings. The number of hydrogen-bond acceptors (Lipinski definition) is 4. The Labute approximate surface area is 172 Å². The van der Waals surface area contributed by atoms with Crippen LogP contribution in [0, 0.1) is 19.9 Å². The molecule has 5 rings (SSSR count). The van der Waals surface area contributed by atoms with Crippen LogP contribution in [0.25, 0.3) is 16.7 Å². The molecule has 1 N–H and O–H groups in total. The highest BCUT2D eigenvalue weighted by molar-refractivity contribution is 6.32. The second-order valence-electron chi connectivity index (χ2n) is 7.42. The number of anilines is 1. The zero-order valence-corrected chi connectivity index (χ0v) is 16.8. The monoisotopic (exact) mass is 409 g/mol. The standard InChI is InChI=1S/C21H19ClFN6/c1-12-3-6-17(29-24-7-8-25-29)18(9-12)28-11-14(23)10-19(28)21-26-16-5-4-15(22)13(2)20(16)27-21/h3-5,7-9,14,19H,10-11H2,1-2H3,(H,26,27)/t14-,19+/m1/s1. The predicted molar refractivity (Wildman–Crippen MR) is 110 cm³/mol. The molecular weight excluding hydrogens is 391 g/mol. The summed E-state index contributed by atoms with van der Waals surface area (Å²) < 4.78 is 14.6. The summed E-state index contributed by atoms with van der Waals surface area (Å²) in [5.41, 5.74) is 5.19. The van der Waals surface area contributed by atoms with E-state index in [-0.39, 0.29) is 12.6 Å². The van der Waals surface area contributed by atoms with Gasteiger partial charge < -0.3 is 9.88 Å². The fourth-order valence-corrected chi connectivity index (χ4v) is 4.12. The maximum atomic E-state index is 14.6. The highest BCUT2D eigenvalue weighted by atomic mass is 35.5. The van der Waals surface area contributed by atoms with Gasteiger partial charge in [0.1, 0.15) is 17.7 Å². The Hall–Kier alpha value is -2.93. The molecule has 3 heterocycles. The molecule has 2 aromatic carbocycles. The van der Waals surface area contributed by atoms with Crippen molar-refractivity contribution in [1.29, 1.82) is 0 Å². The van der Waals surface area contributed by atoms with Crippen molar-refractivity contribution in [3.63, 3.8) is 0 Å². The SMILES string of the molecule is Cc1c[c]c(-n2nccn2)c(N2C[C@H](F)C[C@H]2c2nc3c(C)c(Cl)ccc3[nH]2)c1. The van der Waals surface area contributed by atoms with Crippen molar-refractivity contribution in [1.82, 2.24) is 25.0 Å². The first kappa shape index (κ1) is 18.1. The molecule has 1 radical (unpaired) electrons. The zero-order chi connectivity index (χ0) is 20.1. The van der Waals surface area contributed by atoms with Crippen LogP contribution in [-0.4, -0.2) is 37.7 Å². The number of hydrogen-bond donors (Lipinski definition) is 1. The number of nitrogens with one attached hydrogen (secondary N) is 1. The largest absolute Gasteiger partial charge is 0.356 e. The fraction of sp³-hybridized carbons (Fsp3) is 0.286. The van der Waals surface area contributed by atoms with Gasteiger partial charge >= 0.3 is 0 Å². The maximum Gasteiger partial charge on any atom is 0.130 e. The number of rotatable bonds is 3. The van der Waals surface area contributed by atoms with Gasteiger partial charge in [-0.1, -0.05) is 11.6 Å². The quantitative estimate of drug-likeness (QED) is 0.541. The van der Waals surface area contributed by atoms with Crippen LogP contribution < -0.4 is 4.90 Å². The molecule has 2 atom stereocenters. The van der Waals surface area contributed by atoms with Crippen LogP contribution >= 0.6 is 11.6 Å². The molecule has 0 unspecified atom stereocenters. The number of aromatic amines is 1. The highest BCUT2D eigenvalue weighted by Crippen LogP contribution is 2.40. The number of H-pyrrole nitrogens is 1. The molecule has 1 fully saturated rings. The maximum absolute atomic E-state index is 14.6. The Bertz CT molecular complexity index is 1190. The van der Waals surface area contributed by atoms with Gasteiger partial charge in [-0.15, -0.1) is 4.80 Å². The second kappa shape index (κ2) is 6.84. The van der Waals surface area contributed by atoms with Crippen LogP contribution in [0.4, 0.5) is 10.1 Å². The molecule has 0 amide bonds. The van der Waals surface area contributed by atoms with Gasteiger partial charge in [-0.3, -0.25) is 0 Å². The topological polar surface area (TPSA) is 62.6 Å². The highest BCUT2D eigenvalue weighted by Gasteiger charge is 2.37. The normalized spacial score (nSPS) is 19.4. The Morgan fingerprint density at radius 1 is 1.24 bits per heavy atom. The molecular formula is C21H19ClFN6. The first-order chi connectivity index (χ1) is 14.0. The molecule has 6 nitrogen and oxygen atoms in total. The first-order valence-corrected chi connectivity index (χ1v) is 9.83. The van der Waals surface area contributed by atoms with Gasteiger partial charge in [0, 0.05) is 17.5 Å². The molecule has 1 saturated heterocycles. The molecule has 1 aliphatic heterocycles. The number of nitrogens with zero attached hydrogens (tertiary/aromatic N) is 5. The number of imidazole rings is 1. The van der Waals surface area contributed by atoms with Crippen molar-refractivity contribution in [3.05, 3.63) is 64.7 Å². The summed E-state index contributed by atoms with van der Waals surface area (Å²) in [6.07, 6.45) is 2.62. The van der Waals surface area contributed by atoms with Crippen molar-refractivity contribution in [2.75, 3.05) is 11.4 Å². The molecule has 29 heavy (non-hydrogen) atoms. The summed E-state index contributed by atoms with van der Waals surface area (Å²) in [4.78, 5) is 11.7. The molecule has 0 bridgehead atoms. The average Bonchev–Trinajstić information content (AvgIpc) is 3.44. The van der Waals surface area contributed by atoms with Crippen molar-refractivity contribution in [3.8, 4) is 5.69 Å². The summed E-state index contributed by atoms with van der Waals surface area (Å²) >= 11 is 6.25.